The number of amides is 1. The molecule has 0 aliphatic heterocycles. The van der Waals surface area contributed by atoms with Gasteiger partial charge in [0, 0.05) is 33.9 Å². The molecule has 0 fully saturated rings. The summed E-state index contributed by atoms with van der Waals surface area (Å²) in [5.74, 6) is -0.149. The average molecular weight is 357 g/mol. The fourth-order valence-corrected chi connectivity index (χ4v) is 2.91. The molecule has 0 radical (unpaired) electrons. The van der Waals surface area contributed by atoms with Gasteiger partial charge >= 0.3 is 0 Å². The minimum Gasteiger partial charge on any atom is -0.361 e. The number of H-pyrrole nitrogens is 1. The standard InChI is InChI=1S/C23H23N3O/c1-15(11-17-14-25-21-10-5-16(13-24)12-20(17)21)22(27)26-19-8-6-18(7-9-19)23(2,3)4/h5-12,14,25H,1-4H3,(H,26,27)/b15-11+. The van der Waals surface area contributed by atoms with Gasteiger partial charge < -0.3 is 10.3 Å². The van der Waals surface area contributed by atoms with Crippen molar-refractivity contribution in [2.24, 2.45) is 0 Å². The van der Waals surface area contributed by atoms with E-state index in [2.05, 4.69) is 37.1 Å². The van der Waals surface area contributed by atoms with Crippen LogP contribution in [0.15, 0.2) is 54.2 Å². The quantitative estimate of drug-likeness (QED) is 0.618. The zero-order chi connectivity index (χ0) is 19.6. The van der Waals surface area contributed by atoms with Crippen LogP contribution in [0.3, 0.4) is 0 Å². The lowest BCUT2D eigenvalue weighted by molar-refractivity contribution is -0.112. The van der Waals surface area contributed by atoms with Gasteiger partial charge in [-0.25, -0.2) is 0 Å². The Kier molecular flexibility index (Phi) is 4.87. The zero-order valence-electron chi connectivity index (χ0n) is 16.1. The predicted octanol–water partition coefficient (Wildman–Crippen LogP) is 5.38. The van der Waals surface area contributed by atoms with Crippen LogP contribution in [0.2, 0.25) is 0 Å². The Balaban J connectivity index is 1.80. The van der Waals surface area contributed by atoms with Gasteiger partial charge in [-0.2, -0.15) is 5.26 Å². The van der Waals surface area contributed by atoms with Gasteiger partial charge in [-0.1, -0.05) is 32.9 Å². The van der Waals surface area contributed by atoms with Gasteiger partial charge in [0.05, 0.1) is 11.6 Å². The number of nitrogens with zero attached hydrogens (tertiary/aromatic N) is 1. The second kappa shape index (κ2) is 7.13. The number of hydrogen-bond acceptors (Lipinski definition) is 2. The van der Waals surface area contributed by atoms with Crippen molar-refractivity contribution >= 4 is 28.6 Å². The molecule has 1 amide bonds. The molecule has 0 saturated carbocycles. The van der Waals surface area contributed by atoms with E-state index in [1.165, 1.54) is 5.56 Å². The Labute approximate surface area is 159 Å². The molecule has 0 unspecified atom stereocenters. The van der Waals surface area contributed by atoms with Crippen molar-refractivity contribution in [3.63, 3.8) is 0 Å². The van der Waals surface area contributed by atoms with Gasteiger partial charge in [0.2, 0.25) is 0 Å². The molecular formula is C23H23N3O. The summed E-state index contributed by atoms with van der Waals surface area (Å²) in [6.45, 7) is 8.26. The summed E-state index contributed by atoms with van der Waals surface area (Å²) in [7, 11) is 0. The second-order valence-corrected chi connectivity index (χ2v) is 7.73. The molecule has 0 spiro atoms. The smallest absolute Gasteiger partial charge is 0.251 e. The number of anilines is 1. The summed E-state index contributed by atoms with van der Waals surface area (Å²) in [6, 6.07) is 15.6. The van der Waals surface area contributed by atoms with Crippen LogP contribution in [-0.4, -0.2) is 10.9 Å². The van der Waals surface area contributed by atoms with Crippen LogP contribution in [0.5, 0.6) is 0 Å². The maximum absolute atomic E-state index is 12.5. The third-order valence-corrected chi connectivity index (χ3v) is 4.58. The number of aromatic amines is 1. The summed E-state index contributed by atoms with van der Waals surface area (Å²) < 4.78 is 0. The number of hydrogen-bond donors (Lipinski definition) is 2. The summed E-state index contributed by atoms with van der Waals surface area (Å²) in [4.78, 5) is 15.7. The van der Waals surface area contributed by atoms with Crippen LogP contribution in [0.1, 0.15) is 44.4 Å². The Morgan fingerprint density at radius 2 is 1.85 bits per heavy atom. The van der Waals surface area contributed by atoms with Crippen molar-refractivity contribution in [1.82, 2.24) is 4.98 Å². The van der Waals surface area contributed by atoms with Crippen molar-refractivity contribution in [1.29, 1.82) is 5.26 Å². The van der Waals surface area contributed by atoms with E-state index in [0.717, 1.165) is 22.2 Å². The highest BCUT2D eigenvalue weighted by Gasteiger charge is 2.13. The van der Waals surface area contributed by atoms with E-state index < -0.39 is 0 Å². The van der Waals surface area contributed by atoms with Gasteiger partial charge in [-0.05, 0) is 54.3 Å². The van der Waals surface area contributed by atoms with E-state index in [4.69, 9.17) is 5.26 Å². The SMILES string of the molecule is C/C(=C\c1c[nH]c2ccc(C#N)cc12)C(=O)Nc1ccc(C(C)(C)C)cc1. The lowest BCUT2D eigenvalue weighted by atomic mass is 9.87. The molecule has 0 aliphatic carbocycles. The first kappa shape index (κ1) is 18.5. The molecule has 3 aromatic rings. The monoisotopic (exact) mass is 357 g/mol. The highest BCUT2D eigenvalue weighted by Crippen LogP contribution is 2.24. The van der Waals surface area contributed by atoms with Gasteiger partial charge in [0.15, 0.2) is 0 Å². The lowest BCUT2D eigenvalue weighted by Gasteiger charge is -2.19. The van der Waals surface area contributed by atoms with Crippen molar-refractivity contribution in [2.45, 2.75) is 33.1 Å². The number of aromatic nitrogens is 1. The molecule has 1 aromatic heterocycles. The van der Waals surface area contributed by atoms with Crippen LogP contribution in [-0.2, 0) is 10.2 Å². The zero-order valence-corrected chi connectivity index (χ0v) is 16.1. The molecular weight excluding hydrogens is 334 g/mol. The Bertz CT molecular complexity index is 1060. The highest BCUT2D eigenvalue weighted by atomic mass is 16.1. The van der Waals surface area contributed by atoms with E-state index in [0.29, 0.717) is 11.1 Å². The van der Waals surface area contributed by atoms with E-state index in [-0.39, 0.29) is 11.3 Å². The lowest BCUT2D eigenvalue weighted by Crippen LogP contribution is -2.14. The topological polar surface area (TPSA) is 68.7 Å². The first-order chi connectivity index (χ1) is 12.8. The fourth-order valence-electron chi connectivity index (χ4n) is 2.91. The summed E-state index contributed by atoms with van der Waals surface area (Å²) in [5, 5.41) is 12.9. The van der Waals surface area contributed by atoms with Crippen molar-refractivity contribution in [3.8, 4) is 6.07 Å². The van der Waals surface area contributed by atoms with Crippen LogP contribution >= 0.6 is 0 Å². The molecule has 136 valence electrons. The van der Waals surface area contributed by atoms with E-state index in [1.807, 2.05) is 48.7 Å². The van der Waals surface area contributed by atoms with E-state index in [9.17, 15) is 4.79 Å². The van der Waals surface area contributed by atoms with E-state index in [1.54, 1.807) is 13.0 Å². The van der Waals surface area contributed by atoms with Gasteiger partial charge in [-0.15, -0.1) is 0 Å². The molecule has 4 nitrogen and oxygen atoms in total. The number of nitrogens with one attached hydrogen (secondary N) is 2. The number of carbonyl (C=O) groups is 1. The molecule has 2 aromatic carbocycles. The molecule has 27 heavy (non-hydrogen) atoms. The molecule has 0 aliphatic rings. The average Bonchev–Trinajstić information content (AvgIpc) is 3.03. The predicted molar refractivity (Wildman–Crippen MR) is 110 cm³/mol. The number of carbonyl (C=O) groups excluding carboxylic acids is 1. The molecule has 0 bridgehead atoms. The van der Waals surface area contributed by atoms with E-state index >= 15 is 0 Å². The van der Waals surface area contributed by atoms with Crippen molar-refractivity contribution < 1.29 is 4.79 Å². The molecule has 3 rings (SSSR count). The molecule has 2 N–H and O–H groups in total. The maximum atomic E-state index is 12.5. The van der Waals surface area contributed by atoms with Crippen LogP contribution in [0.25, 0.3) is 17.0 Å². The molecule has 4 heteroatoms. The van der Waals surface area contributed by atoms with Gasteiger partial charge in [-0.3, -0.25) is 4.79 Å². The summed E-state index contributed by atoms with van der Waals surface area (Å²) in [5.41, 5.74) is 5.09. The highest BCUT2D eigenvalue weighted by molar-refractivity contribution is 6.07. The number of benzene rings is 2. The van der Waals surface area contributed by atoms with Crippen molar-refractivity contribution in [2.75, 3.05) is 5.32 Å². The number of nitriles is 1. The first-order valence-corrected chi connectivity index (χ1v) is 8.89. The molecule has 1 heterocycles. The Morgan fingerprint density at radius 1 is 1.15 bits per heavy atom. The Morgan fingerprint density at radius 3 is 2.48 bits per heavy atom. The Hall–Kier alpha value is -3.32. The summed E-state index contributed by atoms with van der Waals surface area (Å²) in [6.07, 6.45) is 3.68. The fraction of sp³-hybridized carbons (Fsp3) is 0.217. The van der Waals surface area contributed by atoms with Gasteiger partial charge in [0.25, 0.3) is 5.91 Å². The second-order valence-electron chi connectivity index (χ2n) is 7.73. The molecule has 0 saturated heterocycles. The number of fused-ring (bicyclic) bond motifs is 1. The van der Waals surface area contributed by atoms with Crippen LogP contribution in [0, 0.1) is 11.3 Å². The minimum atomic E-state index is -0.149. The normalized spacial score (nSPS) is 12.0. The van der Waals surface area contributed by atoms with Crippen LogP contribution in [0.4, 0.5) is 5.69 Å². The third-order valence-electron chi connectivity index (χ3n) is 4.58. The molecule has 0 atom stereocenters. The number of rotatable bonds is 3. The summed E-state index contributed by atoms with van der Waals surface area (Å²) >= 11 is 0. The maximum Gasteiger partial charge on any atom is 0.251 e. The van der Waals surface area contributed by atoms with Crippen LogP contribution < -0.4 is 5.32 Å². The minimum absolute atomic E-state index is 0.0793. The first-order valence-electron chi connectivity index (χ1n) is 8.89. The largest absolute Gasteiger partial charge is 0.361 e. The van der Waals surface area contributed by atoms with Crippen molar-refractivity contribution in [3.05, 3.63) is 70.9 Å². The van der Waals surface area contributed by atoms with Gasteiger partial charge in [0.1, 0.15) is 0 Å². The third kappa shape index (κ3) is 4.09.